The van der Waals surface area contributed by atoms with E-state index in [-0.39, 0.29) is 18.2 Å². The van der Waals surface area contributed by atoms with Gasteiger partial charge in [0.05, 0.1) is 5.92 Å². The molecule has 0 saturated carbocycles. The van der Waals surface area contributed by atoms with Crippen molar-refractivity contribution in [1.82, 2.24) is 4.90 Å². The van der Waals surface area contributed by atoms with E-state index in [1.54, 1.807) is 11.0 Å². The second-order valence-corrected chi connectivity index (χ2v) is 2.89. The molecule has 1 fully saturated rings. The van der Waals surface area contributed by atoms with Gasteiger partial charge in [-0.05, 0) is 0 Å². The quantitative estimate of drug-likeness (QED) is 0.578. The lowest BCUT2D eigenvalue weighted by atomic mass is 10.1. The lowest BCUT2D eigenvalue weighted by molar-refractivity contribution is -0.128. The van der Waals surface area contributed by atoms with Gasteiger partial charge in [0.1, 0.15) is 0 Å². The zero-order valence-corrected chi connectivity index (χ0v) is 6.82. The number of primary amides is 1. The average Bonchev–Trinajstić information content (AvgIpc) is 2.34. The molecular formula is C8H12N2O2. The van der Waals surface area contributed by atoms with Crippen molar-refractivity contribution in [2.24, 2.45) is 11.7 Å². The summed E-state index contributed by atoms with van der Waals surface area (Å²) in [5.41, 5.74) is 5.07. The van der Waals surface area contributed by atoms with E-state index in [2.05, 4.69) is 6.58 Å². The lowest BCUT2D eigenvalue weighted by Gasteiger charge is -2.12. The van der Waals surface area contributed by atoms with E-state index in [1.807, 2.05) is 0 Å². The minimum absolute atomic E-state index is 0.0151. The summed E-state index contributed by atoms with van der Waals surface area (Å²) in [6.45, 7) is 4.47. The first-order chi connectivity index (χ1) is 5.65. The lowest BCUT2D eigenvalue weighted by Crippen LogP contribution is -2.28. The van der Waals surface area contributed by atoms with Crippen molar-refractivity contribution in [3.05, 3.63) is 12.7 Å². The van der Waals surface area contributed by atoms with E-state index in [0.717, 1.165) is 0 Å². The third-order valence-electron chi connectivity index (χ3n) is 1.97. The molecular weight excluding hydrogens is 156 g/mol. The number of nitrogens with two attached hydrogens (primary N) is 1. The van der Waals surface area contributed by atoms with Crippen molar-refractivity contribution < 1.29 is 9.59 Å². The number of hydrogen-bond acceptors (Lipinski definition) is 2. The minimum Gasteiger partial charge on any atom is -0.369 e. The summed E-state index contributed by atoms with van der Waals surface area (Å²) >= 11 is 0. The Morgan fingerprint density at radius 3 is 2.92 bits per heavy atom. The zero-order chi connectivity index (χ0) is 9.14. The smallest absolute Gasteiger partial charge is 0.223 e. The molecule has 0 aromatic carbocycles. The molecule has 1 aliphatic rings. The predicted octanol–water partition coefficient (Wildman–Crippen LogP) is -0.494. The van der Waals surface area contributed by atoms with Gasteiger partial charge in [0.25, 0.3) is 0 Å². The molecule has 0 spiro atoms. The second-order valence-electron chi connectivity index (χ2n) is 2.89. The highest BCUT2D eigenvalue weighted by Gasteiger charge is 2.31. The van der Waals surface area contributed by atoms with Gasteiger partial charge in [-0.2, -0.15) is 0 Å². The van der Waals surface area contributed by atoms with E-state index in [1.165, 1.54) is 0 Å². The van der Waals surface area contributed by atoms with Gasteiger partial charge in [0.2, 0.25) is 11.8 Å². The van der Waals surface area contributed by atoms with Gasteiger partial charge in [-0.15, -0.1) is 6.58 Å². The van der Waals surface area contributed by atoms with Crippen molar-refractivity contribution in [1.29, 1.82) is 0 Å². The molecule has 2 amide bonds. The van der Waals surface area contributed by atoms with Gasteiger partial charge in [0, 0.05) is 19.5 Å². The third-order valence-corrected chi connectivity index (χ3v) is 1.97. The molecule has 66 valence electrons. The molecule has 12 heavy (non-hydrogen) atoms. The summed E-state index contributed by atoms with van der Waals surface area (Å²) in [5.74, 6) is -0.717. The molecule has 0 aromatic heterocycles. The van der Waals surface area contributed by atoms with Crippen LogP contribution in [-0.2, 0) is 9.59 Å². The maximum absolute atomic E-state index is 11.1. The van der Waals surface area contributed by atoms with Crippen molar-refractivity contribution in [2.45, 2.75) is 6.42 Å². The van der Waals surface area contributed by atoms with Crippen LogP contribution in [0.25, 0.3) is 0 Å². The van der Waals surface area contributed by atoms with Crippen molar-refractivity contribution in [3.8, 4) is 0 Å². The highest BCUT2D eigenvalue weighted by atomic mass is 16.2. The molecule has 1 heterocycles. The van der Waals surface area contributed by atoms with Crippen molar-refractivity contribution >= 4 is 11.8 Å². The molecule has 2 N–H and O–H groups in total. The van der Waals surface area contributed by atoms with Crippen LogP contribution in [0.3, 0.4) is 0 Å². The Hall–Kier alpha value is -1.32. The van der Waals surface area contributed by atoms with Gasteiger partial charge in [-0.3, -0.25) is 9.59 Å². The first-order valence-corrected chi connectivity index (χ1v) is 3.83. The van der Waals surface area contributed by atoms with Crippen LogP contribution in [0.2, 0.25) is 0 Å². The zero-order valence-electron chi connectivity index (χ0n) is 6.82. The number of likely N-dealkylation sites (tertiary alicyclic amines) is 1. The molecule has 0 bridgehead atoms. The Balaban J connectivity index is 2.55. The molecule has 1 aliphatic heterocycles. The molecule has 1 saturated heterocycles. The second kappa shape index (κ2) is 3.38. The van der Waals surface area contributed by atoms with Crippen LogP contribution < -0.4 is 5.73 Å². The first-order valence-electron chi connectivity index (χ1n) is 3.83. The van der Waals surface area contributed by atoms with Crippen LogP contribution in [0.15, 0.2) is 12.7 Å². The Morgan fingerprint density at radius 2 is 2.50 bits per heavy atom. The summed E-state index contributed by atoms with van der Waals surface area (Å²) in [5, 5.41) is 0. The average molecular weight is 168 g/mol. The maximum Gasteiger partial charge on any atom is 0.223 e. The first kappa shape index (κ1) is 8.77. The molecule has 4 nitrogen and oxygen atoms in total. The van der Waals surface area contributed by atoms with E-state index in [9.17, 15) is 9.59 Å². The minimum atomic E-state index is -0.394. The van der Waals surface area contributed by atoms with Crippen molar-refractivity contribution in [2.75, 3.05) is 13.1 Å². The number of rotatable bonds is 3. The standard InChI is InChI=1S/C8H12N2O2/c1-2-3-10-5-6(8(9)12)4-7(10)11/h2,6H,1,3-5H2,(H2,9,12)/t6-/m0/s1. The number of carbonyl (C=O) groups excluding carboxylic acids is 2. The summed E-state index contributed by atoms with van der Waals surface area (Å²) < 4.78 is 0. The fraction of sp³-hybridized carbons (Fsp3) is 0.500. The summed E-state index contributed by atoms with van der Waals surface area (Å²) in [7, 11) is 0. The van der Waals surface area contributed by atoms with Crippen LogP contribution in [0.1, 0.15) is 6.42 Å². The van der Waals surface area contributed by atoms with Gasteiger partial charge >= 0.3 is 0 Å². The molecule has 0 unspecified atom stereocenters. The molecule has 0 aromatic rings. The molecule has 0 aliphatic carbocycles. The summed E-state index contributed by atoms with van der Waals surface area (Å²) in [4.78, 5) is 23.4. The largest absolute Gasteiger partial charge is 0.369 e. The van der Waals surface area contributed by atoms with Gasteiger partial charge < -0.3 is 10.6 Å². The summed E-state index contributed by atoms with van der Waals surface area (Å²) in [6, 6.07) is 0. The topological polar surface area (TPSA) is 63.4 Å². The van der Waals surface area contributed by atoms with Crippen LogP contribution in [0, 0.1) is 5.92 Å². The monoisotopic (exact) mass is 168 g/mol. The van der Waals surface area contributed by atoms with Crippen LogP contribution in [0.5, 0.6) is 0 Å². The number of amides is 2. The van der Waals surface area contributed by atoms with Crippen LogP contribution in [-0.4, -0.2) is 29.8 Å². The van der Waals surface area contributed by atoms with Crippen LogP contribution in [0.4, 0.5) is 0 Å². The number of carbonyl (C=O) groups is 2. The normalized spacial score (nSPS) is 22.8. The van der Waals surface area contributed by atoms with E-state index in [4.69, 9.17) is 5.73 Å². The van der Waals surface area contributed by atoms with Gasteiger partial charge in [-0.25, -0.2) is 0 Å². The fourth-order valence-electron chi connectivity index (χ4n) is 1.30. The maximum atomic E-state index is 11.1. The van der Waals surface area contributed by atoms with E-state index in [0.29, 0.717) is 13.1 Å². The fourth-order valence-corrected chi connectivity index (χ4v) is 1.30. The highest BCUT2D eigenvalue weighted by Crippen LogP contribution is 2.16. The number of nitrogens with zero attached hydrogens (tertiary/aromatic N) is 1. The molecule has 1 atom stereocenters. The highest BCUT2D eigenvalue weighted by molar-refractivity contribution is 5.88. The number of hydrogen-bond donors (Lipinski definition) is 1. The van der Waals surface area contributed by atoms with E-state index < -0.39 is 5.91 Å². The Morgan fingerprint density at radius 1 is 1.83 bits per heavy atom. The SMILES string of the molecule is C=CCN1C[C@@H](C(N)=O)CC1=O. The third kappa shape index (κ3) is 1.64. The van der Waals surface area contributed by atoms with Crippen LogP contribution >= 0.6 is 0 Å². The summed E-state index contributed by atoms with van der Waals surface area (Å²) in [6.07, 6.45) is 1.89. The van der Waals surface area contributed by atoms with E-state index >= 15 is 0 Å². The van der Waals surface area contributed by atoms with Gasteiger partial charge in [0.15, 0.2) is 0 Å². The van der Waals surface area contributed by atoms with Gasteiger partial charge in [-0.1, -0.05) is 6.08 Å². The predicted molar refractivity (Wildman–Crippen MR) is 44.1 cm³/mol. The molecule has 0 radical (unpaired) electrons. The molecule has 4 heteroatoms. The Bertz CT molecular complexity index is 225. The Labute approximate surface area is 71.0 Å². The molecule has 1 rings (SSSR count). The Kier molecular flexibility index (Phi) is 2.47. The van der Waals surface area contributed by atoms with Crippen molar-refractivity contribution in [3.63, 3.8) is 0 Å².